The molecule has 0 aliphatic heterocycles. The highest BCUT2D eigenvalue weighted by molar-refractivity contribution is 5.97. The van der Waals surface area contributed by atoms with Crippen LogP contribution in [0.15, 0.2) is 6.07 Å². The van der Waals surface area contributed by atoms with Gasteiger partial charge in [0.2, 0.25) is 5.91 Å². The van der Waals surface area contributed by atoms with Crippen LogP contribution in [0.1, 0.15) is 51.1 Å². The number of anilines is 1. The van der Waals surface area contributed by atoms with Gasteiger partial charge in [-0.25, -0.2) is 0 Å². The number of aryl methyl sites for hydroxylation is 1. The Bertz CT molecular complexity index is 407. The van der Waals surface area contributed by atoms with Crippen molar-refractivity contribution in [2.45, 2.75) is 57.4 Å². The third kappa shape index (κ3) is 2.90. The molecule has 1 amide bonds. The van der Waals surface area contributed by atoms with Crippen molar-refractivity contribution in [2.24, 2.45) is 5.73 Å². The van der Waals surface area contributed by atoms with Crippen molar-refractivity contribution in [3.05, 3.63) is 11.8 Å². The van der Waals surface area contributed by atoms with E-state index in [-0.39, 0.29) is 5.91 Å². The molecule has 1 aliphatic carbocycles. The second kappa shape index (κ2) is 5.52. The fraction of sp³-hybridized carbons (Fsp3) is 0.692. The van der Waals surface area contributed by atoms with E-state index in [2.05, 4.69) is 22.4 Å². The topological polar surface area (TPSA) is 83.8 Å². The monoisotopic (exact) mass is 250 g/mol. The largest absolute Gasteiger partial charge is 0.317 e. The molecule has 100 valence electrons. The summed E-state index contributed by atoms with van der Waals surface area (Å²) in [6.45, 7) is 2.11. The highest BCUT2D eigenvalue weighted by Crippen LogP contribution is 2.27. The summed E-state index contributed by atoms with van der Waals surface area (Å²) < 4.78 is 0. The van der Waals surface area contributed by atoms with Gasteiger partial charge in [-0.15, -0.1) is 0 Å². The normalized spacial score (nSPS) is 18.6. The van der Waals surface area contributed by atoms with Crippen LogP contribution in [0.25, 0.3) is 0 Å². The number of aromatic amines is 1. The summed E-state index contributed by atoms with van der Waals surface area (Å²) in [4.78, 5) is 12.2. The van der Waals surface area contributed by atoms with Gasteiger partial charge in [0, 0.05) is 11.8 Å². The zero-order valence-electron chi connectivity index (χ0n) is 11.0. The first-order chi connectivity index (χ1) is 8.64. The number of hydrogen-bond acceptors (Lipinski definition) is 3. The summed E-state index contributed by atoms with van der Waals surface area (Å²) in [6.07, 6.45) is 6.77. The van der Waals surface area contributed by atoms with Gasteiger partial charge in [-0.3, -0.25) is 9.89 Å². The fourth-order valence-electron chi connectivity index (χ4n) is 2.47. The molecule has 0 aromatic carbocycles. The van der Waals surface area contributed by atoms with E-state index in [0.29, 0.717) is 5.82 Å². The van der Waals surface area contributed by atoms with E-state index in [4.69, 9.17) is 5.73 Å². The first-order valence-corrected chi connectivity index (χ1v) is 6.79. The number of nitrogens with two attached hydrogens (primary N) is 1. The molecule has 1 saturated carbocycles. The molecule has 0 atom stereocenters. The lowest BCUT2D eigenvalue weighted by molar-refractivity contribution is -0.122. The summed E-state index contributed by atoms with van der Waals surface area (Å²) >= 11 is 0. The molecule has 5 heteroatoms. The van der Waals surface area contributed by atoms with E-state index >= 15 is 0 Å². The standard InChI is InChI=1S/C13H22N4O/c1-2-6-10-9-11(17-16-10)15-12(18)13(14)7-4-3-5-8-13/h9H,2-8,14H2,1H3,(H2,15,16,17,18). The van der Waals surface area contributed by atoms with Gasteiger partial charge in [0.05, 0.1) is 5.54 Å². The van der Waals surface area contributed by atoms with Crippen LogP contribution in [0.3, 0.4) is 0 Å². The van der Waals surface area contributed by atoms with Crippen LogP contribution in [-0.4, -0.2) is 21.6 Å². The van der Waals surface area contributed by atoms with Gasteiger partial charge < -0.3 is 11.1 Å². The van der Waals surface area contributed by atoms with E-state index < -0.39 is 5.54 Å². The SMILES string of the molecule is CCCc1cc(NC(=O)C2(N)CCCCC2)n[nH]1. The predicted octanol–water partition coefficient (Wildman–Crippen LogP) is 1.96. The van der Waals surface area contributed by atoms with Crippen LogP contribution in [0, 0.1) is 0 Å². The van der Waals surface area contributed by atoms with Crippen molar-refractivity contribution in [3.8, 4) is 0 Å². The molecule has 0 saturated heterocycles. The van der Waals surface area contributed by atoms with Crippen LogP contribution in [-0.2, 0) is 11.2 Å². The molecular weight excluding hydrogens is 228 g/mol. The maximum absolute atomic E-state index is 12.2. The Morgan fingerprint density at radius 1 is 1.50 bits per heavy atom. The zero-order chi connectivity index (χ0) is 13.0. The van der Waals surface area contributed by atoms with Crippen molar-refractivity contribution < 1.29 is 4.79 Å². The second-order valence-electron chi connectivity index (χ2n) is 5.20. The molecular formula is C13H22N4O. The van der Waals surface area contributed by atoms with E-state index in [9.17, 15) is 4.79 Å². The Labute approximate surface area is 108 Å². The molecule has 1 aromatic heterocycles. The number of carbonyl (C=O) groups excluding carboxylic acids is 1. The van der Waals surface area contributed by atoms with Gasteiger partial charge >= 0.3 is 0 Å². The molecule has 0 bridgehead atoms. The molecule has 0 radical (unpaired) electrons. The molecule has 1 fully saturated rings. The predicted molar refractivity (Wildman–Crippen MR) is 71.2 cm³/mol. The highest BCUT2D eigenvalue weighted by Gasteiger charge is 2.35. The van der Waals surface area contributed by atoms with E-state index in [0.717, 1.165) is 44.2 Å². The molecule has 18 heavy (non-hydrogen) atoms. The van der Waals surface area contributed by atoms with Gasteiger partial charge in [0.1, 0.15) is 0 Å². The van der Waals surface area contributed by atoms with E-state index in [1.165, 1.54) is 6.42 Å². The van der Waals surface area contributed by atoms with Gasteiger partial charge in [-0.1, -0.05) is 32.6 Å². The molecule has 1 heterocycles. The molecule has 0 unspecified atom stereocenters. The van der Waals surface area contributed by atoms with E-state index in [1.807, 2.05) is 6.07 Å². The molecule has 4 N–H and O–H groups in total. The zero-order valence-corrected chi connectivity index (χ0v) is 11.0. The maximum atomic E-state index is 12.2. The minimum absolute atomic E-state index is 0.100. The van der Waals surface area contributed by atoms with Crippen LogP contribution < -0.4 is 11.1 Å². The van der Waals surface area contributed by atoms with Crippen LogP contribution >= 0.6 is 0 Å². The smallest absolute Gasteiger partial charge is 0.245 e. The Morgan fingerprint density at radius 2 is 2.22 bits per heavy atom. The lowest BCUT2D eigenvalue weighted by Gasteiger charge is -2.31. The lowest BCUT2D eigenvalue weighted by Crippen LogP contribution is -2.52. The fourth-order valence-corrected chi connectivity index (χ4v) is 2.47. The Morgan fingerprint density at radius 3 is 2.89 bits per heavy atom. The van der Waals surface area contributed by atoms with Crippen molar-refractivity contribution in [2.75, 3.05) is 5.32 Å². The van der Waals surface area contributed by atoms with Crippen molar-refractivity contribution in [1.29, 1.82) is 0 Å². The van der Waals surface area contributed by atoms with Gasteiger partial charge in [0.15, 0.2) is 5.82 Å². The average molecular weight is 250 g/mol. The number of carbonyl (C=O) groups is 1. The summed E-state index contributed by atoms with van der Waals surface area (Å²) in [5.74, 6) is 0.482. The average Bonchev–Trinajstić information content (AvgIpc) is 2.78. The van der Waals surface area contributed by atoms with Gasteiger partial charge in [0.25, 0.3) is 0 Å². The van der Waals surface area contributed by atoms with Crippen LogP contribution in [0.4, 0.5) is 5.82 Å². The molecule has 2 rings (SSSR count). The lowest BCUT2D eigenvalue weighted by atomic mass is 9.82. The Balaban J connectivity index is 1.97. The van der Waals surface area contributed by atoms with Crippen molar-refractivity contribution in [3.63, 3.8) is 0 Å². The summed E-state index contributed by atoms with van der Waals surface area (Å²) in [7, 11) is 0. The van der Waals surface area contributed by atoms with Crippen molar-refractivity contribution >= 4 is 11.7 Å². The van der Waals surface area contributed by atoms with Crippen LogP contribution in [0.2, 0.25) is 0 Å². The third-order valence-electron chi connectivity index (χ3n) is 3.59. The minimum atomic E-state index is -0.706. The number of rotatable bonds is 4. The van der Waals surface area contributed by atoms with Gasteiger partial charge in [-0.2, -0.15) is 5.10 Å². The minimum Gasteiger partial charge on any atom is -0.317 e. The quantitative estimate of drug-likeness (QED) is 0.763. The summed E-state index contributed by atoms with van der Waals surface area (Å²) in [5, 5.41) is 9.83. The van der Waals surface area contributed by atoms with E-state index in [1.54, 1.807) is 0 Å². The number of hydrogen-bond donors (Lipinski definition) is 3. The van der Waals surface area contributed by atoms with Crippen LogP contribution in [0.5, 0.6) is 0 Å². The molecule has 5 nitrogen and oxygen atoms in total. The van der Waals surface area contributed by atoms with Gasteiger partial charge in [-0.05, 0) is 19.3 Å². The number of nitrogens with one attached hydrogen (secondary N) is 2. The third-order valence-corrected chi connectivity index (χ3v) is 3.59. The summed E-state index contributed by atoms with van der Waals surface area (Å²) in [6, 6.07) is 1.88. The summed E-state index contributed by atoms with van der Waals surface area (Å²) in [5.41, 5.74) is 6.50. The molecule has 1 aliphatic rings. The maximum Gasteiger partial charge on any atom is 0.245 e. The molecule has 0 spiro atoms. The highest BCUT2D eigenvalue weighted by atomic mass is 16.2. The number of H-pyrrole nitrogens is 1. The number of nitrogens with zero attached hydrogens (tertiary/aromatic N) is 1. The Hall–Kier alpha value is -1.36. The van der Waals surface area contributed by atoms with Crippen molar-refractivity contribution in [1.82, 2.24) is 10.2 Å². The first kappa shape index (κ1) is 13.1. The Kier molecular flexibility index (Phi) is 4.01. The number of amides is 1. The number of aromatic nitrogens is 2. The molecule has 1 aromatic rings. The first-order valence-electron chi connectivity index (χ1n) is 6.79. The second-order valence-corrected chi connectivity index (χ2v) is 5.20.